The zero-order chi connectivity index (χ0) is 17.9. The van der Waals surface area contributed by atoms with Crippen molar-refractivity contribution in [3.8, 4) is 17.4 Å². The lowest BCUT2D eigenvalue weighted by Gasteiger charge is -2.32. The Labute approximate surface area is 152 Å². The molecule has 0 aliphatic carbocycles. The van der Waals surface area contributed by atoms with Crippen LogP contribution in [0.2, 0.25) is 0 Å². The minimum absolute atomic E-state index is 0.130. The van der Waals surface area contributed by atoms with Gasteiger partial charge in [0.1, 0.15) is 11.5 Å². The molecule has 3 heterocycles. The van der Waals surface area contributed by atoms with Crippen LogP contribution in [0.4, 0.5) is 0 Å². The van der Waals surface area contributed by atoms with Gasteiger partial charge in [-0.25, -0.2) is 0 Å². The topological polar surface area (TPSA) is 79.1 Å². The van der Waals surface area contributed by atoms with Crippen LogP contribution >= 0.6 is 0 Å². The maximum atomic E-state index is 9.29. The van der Waals surface area contributed by atoms with Crippen molar-refractivity contribution in [2.24, 2.45) is 0 Å². The van der Waals surface area contributed by atoms with Crippen LogP contribution in [0.3, 0.4) is 0 Å². The number of benzene rings is 1. The smallest absolute Gasteiger partial charge is 0.243 e. The first kappa shape index (κ1) is 16.6. The summed E-state index contributed by atoms with van der Waals surface area (Å²) in [6.07, 6.45) is 3.31. The molecule has 0 amide bonds. The largest absolute Gasteiger partial charge is 0.460 e. The van der Waals surface area contributed by atoms with Crippen molar-refractivity contribution in [3.63, 3.8) is 0 Å². The van der Waals surface area contributed by atoms with Crippen LogP contribution in [-0.2, 0) is 6.54 Å². The van der Waals surface area contributed by atoms with E-state index < -0.39 is 0 Å². The molecule has 1 aromatic carbocycles. The van der Waals surface area contributed by atoms with Crippen LogP contribution in [0.15, 0.2) is 45.3 Å². The average Bonchev–Trinajstić information content (AvgIpc) is 3.31. The first-order chi connectivity index (χ1) is 12.7. The SMILES string of the molecule is Cc1noc([C@@H]2CCCCN2Cc2ccc(-c3ccccc3C#N)o2)n1. The molecule has 6 heteroatoms. The third-order valence-corrected chi connectivity index (χ3v) is 4.78. The van der Waals surface area contributed by atoms with E-state index in [-0.39, 0.29) is 6.04 Å². The van der Waals surface area contributed by atoms with Crippen molar-refractivity contribution in [1.82, 2.24) is 15.0 Å². The summed E-state index contributed by atoms with van der Waals surface area (Å²) in [7, 11) is 0. The van der Waals surface area contributed by atoms with Crippen LogP contribution < -0.4 is 0 Å². The van der Waals surface area contributed by atoms with Gasteiger partial charge >= 0.3 is 0 Å². The minimum atomic E-state index is 0.130. The Morgan fingerprint density at radius 1 is 1.23 bits per heavy atom. The molecule has 0 N–H and O–H groups in total. The fourth-order valence-electron chi connectivity index (χ4n) is 3.51. The van der Waals surface area contributed by atoms with Crippen LogP contribution in [-0.4, -0.2) is 21.6 Å². The molecule has 4 rings (SSSR count). The monoisotopic (exact) mass is 348 g/mol. The molecule has 1 atom stereocenters. The van der Waals surface area contributed by atoms with E-state index in [0.29, 0.717) is 23.8 Å². The highest BCUT2D eigenvalue weighted by Crippen LogP contribution is 2.32. The summed E-state index contributed by atoms with van der Waals surface area (Å²) < 4.78 is 11.5. The maximum Gasteiger partial charge on any atom is 0.243 e. The number of likely N-dealkylation sites (tertiary alicyclic amines) is 1. The highest BCUT2D eigenvalue weighted by atomic mass is 16.5. The van der Waals surface area contributed by atoms with E-state index in [4.69, 9.17) is 8.94 Å². The molecule has 1 fully saturated rings. The first-order valence-electron chi connectivity index (χ1n) is 8.87. The molecule has 1 saturated heterocycles. The van der Waals surface area contributed by atoms with Gasteiger partial charge in [-0.1, -0.05) is 23.7 Å². The number of piperidine rings is 1. The molecule has 1 aliphatic heterocycles. The van der Waals surface area contributed by atoms with Crippen LogP contribution in [0.25, 0.3) is 11.3 Å². The van der Waals surface area contributed by atoms with Gasteiger partial charge in [0.15, 0.2) is 5.82 Å². The van der Waals surface area contributed by atoms with Crippen molar-refractivity contribution in [3.05, 3.63) is 59.4 Å². The van der Waals surface area contributed by atoms with E-state index in [1.165, 1.54) is 0 Å². The molecule has 0 saturated carbocycles. The zero-order valence-electron chi connectivity index (χ0n) is 14.7. The van der Waals surface area contributed by atoms with Gasteiger partial charge in [-0.15, -0.1) is 0 Å². The number of nitriles is 1. The standard InChI is InChI=1S/C20H20N4O2/c1-14-22-20(26-23-14)18-8-4-5-11-24(18)13-16-9-10-19(25-16)17-7-3-2-6-15(17)12-21/h2-3,6-7,9-10,18H,4-5,8,11,13H2,1H3/t18-/m0/s1. The molecule has 0 unspecified atom stereocenters. The lowest BCUT2D eigenvalue weighted by molar-refractivity contribution is 0.104. The Kier molecular flexibility index (Phi) is 4.55. The van der Waals surface area contributed by atoms with E-state index in [9.17, 15) is 5.26 Å². The summed E-state index contributed by atoms with van der Waals surface area (Å²) in [6.45, 7) is 3.49. The summed E-state index contributed by atoms with van der Waals surface area (Å²) in [5, 5.41) is 13.2. The molecular formula is C20H20N4O2. The minimum Gasteiger partial charge on any atom is -0.460 e. The van der Waals surface area contributed by atoms with E-state index in [1.807, 2.05) is 37.3 Å². The molecule has 0 radical (unpaired) electrons. The van der Waals surface area contributed by atoms with Crippen molar-refractivity contribution in [2.45, 2.75) is 38.8 Å². The molecule has 26 heavy (non-hydrogen) atoms. The highest BCUT2D eigenvalue weighted by molar-refractivity contribution is 5.66. The predicted octanol–water partition coefficient (Wildman–Crippen LogP) is 4.24. The second-order valence-corrected chi connectivity index (χ2v) is 6.59. The van der Waals surface area contributed by atoms with E-state index in [1.54, 1.807) is 6.07 Å². The fourth-order valence-corrected chi connectivity index (χ4v) is 3.51. The van der Waals surface area contributed by atoms with Crippen molar-refractivity contribution in [2.75, 3.05) is 6.54 Å². The van der Waals surface area contributed by atoms with Crippen LogP contribution in [0.5, 0.6) is 0 Å². The average molecular weight is 348 g/mol. The number of aryl methyl sites for hydroxylation is 1. The van der Waals surface area contributed by atoms with Crippen molar-refractivity contribution < 1.29 is 8.94 Å². The second-order valence-electron chi connectivity index (χ2n) is 6.59. The number of furan rings is 1. The van der Waals surface area contributed by atoms with Crippen molar-refractivity contribution >= 4 is 0 Å². The second kappa shape index (κ2) is 7.14. The lowest BCUT2D eigenvalue weighted by atomic mass is 10.0. The Bertz CT molecular complexity index is 937. The third kappa shape index (κ3) is 3.26. The molecule has 6 nitrogen and oxygen atoms in total. The number of hydrogen-bond acceptors (Lipinski definition) is 6. The van der Waals surface area contributed by atoms with Crippen molar-refractivity contribution in [1.29, 1.82) is 5.26 Å². The summed E-state index contributed by atoms with van der Waals surface area (Å²) >= 11 is 0. The maximum absolute atomic E-state index is 9.29. The predicted molar refractivity (Wildman–Crippen MR) is 94.9 cm³/mol. The fraction of sp³-hybridized carbons (Fsp3) is 0.350. The molecule has 0 bridgehead atoms. The highest BCUT2D eigenvalue weighted by Gasteiger charge is 2.29. The molecule has 3 aromatic rings. The van der Waals surface area contributed by atoms with Gasteiger partial charge in [-0.2, -0.15) is 10.2 Å². The molecular weight excluding hydrogens is 328 g/mol. The number of aromatic nitrogens is 2. The zero-order valence-corrected chi connectivity index (χ0v) is 14.7. The number of nitrogens with zero attached hydrogens (tertiary/aromatic N) is 4. The first-order valence-corrected chi connectivity index (χ1v) is 8.87. The van der Waals surface area contributed by atoms with Gasteiger partial charge in [-0.3, -0.25) is 4.90 Å². The van der Waals surface area contributed by atoms with E-state index in [2.05, 4.69) is 21.1 Å². The van der Waals surface area contributed by atoms with E-state index in [0.717, 1.165) is 42.9 Å². The Morgan fingerprint density at radius 3 is 2.92 bits per heavy atom. The van der Waals surface area contributed by atoms with Gasteiger partial charge in [0.25, 0.3) is 0 Å². The van der Waals surface area contributed by atoms with Gasteiger partial charge in [-0.05, 0) is 50.6 Å². The quantitative estimate of drug-likeness (QED) is 0.702. The van der Waals surface area contributed by atoms with Gasteiger partial charge in [0.05, 0.1) is 24.2 Å². The molecule has 132 valence electrons. The molecule has 2 aromatic heterocycles. The van der Waals surface area contributed by atoms with Crippen LogP contribution in [0, 0.1) is 18.3 Å². The number of hydrogen-bond donors (Lipinski definition) is 0. The lowest BCUT2D eigenvalue weighted by Crippen LogP contribution is -2.33. The Balaban J connectivity index is 1.55. The number of rotatable bonds is 4. The summed E-state index contributed by atoms with van der Waals surface area (Å²) in [4.78, 5) is 6.74. The Morgan fingerprint density at radius 2 is 2.12 bits per heavy atom. The normalized spacial score (nSPS) is 17.9. The summed E-state index contributed by atoms with van der Waals surface area (Å²) in [6, 6.07) is 13.7. The van der Waals surface area contributed by atoms with E-state index >= 15 is 0 Å². The molecule has 1 aliphatic rings. The van der Waals surface area contributed by atoms with Gasteiger partial charge in [0.2, 0.25) is 5.89 Å². The summed E-state index contributed by atoms with van der Waals surface area (Å²) in [5.74, 6) is 2.94. The van der Waals surface area contributed by atoms with Crippen LogP contribution in [0.1, 0.15) is 48.3 Å². The summed E-state index contributed by atoms with van der Waals surface area (Å²) in [5.41, 5.74) is 1.44. The van der Waals surface area contributed by atoms with Gasteiger partial charge < -0.3 is 8.94 Å². The van der Waals surface area contributed by atoms with Gasteiger partial charge in [0, 0.05) is 5.56 Å². The molecule has 0 spiro atoms. The Hall–Kier alpha value is -2.91. The third-order valence-electron chi connectivity index (χ3n) is 4.78.